The summed E-state index contributed by atoms with van der Waals surface area (Å²) in [5, 5.41) is 13.2. The normalized spacial score (nSPS) is 11.7. The van der Waals surface area contributed by atoms with Crippen LogP contribution in [0.3, 0.4) is 0 Å². The molecule has 0 aliphatic heterocycles. The third-order valence-electron chi connectivity index (χ3n) is 5.71. The number of para-hydroxylation sites is 1. The molecule has 1 amide bonds. The number of hydrogen-bond acceptors (Lipinski definition) is 4. The average Bonchev–Trinajstić information content (AvgIpc) is 3.25. The summed E-state index contributed by atoms with van der Waals surface area (Å²) in [6.07, 6.45) is 2.70. The highest BCUT2D eigenvalue weighted by Crippen LogP contribution is 2.22. The van der Waals surface area contributed by atoms with Gasteiger partial charge in [0.25, 0.3) is 5.91 Å². The molecular weight excluding hydrogens is 432 g/mol. The lowest BCUT2D eigenvalue weighted by molar-refractivity contribution is -0.139. The summed E-state index contributed by atoms with van der Waals surface area (Å²) >= 11 is 0. The van der Waals surface area contributed by atoms with Crippen LogP contribution in [0.2, 0.25) is 0 Å². The van der Waals surface area contributed by atoms with E-state index in [1.165, 1.54) is 0 Å². The van der Waals surface area contributed by atoms with Crippen molar-refractivity contribution in [2.24, 2.45) is 0 Å². The van der Waals surface area contributed by atoms with Crippen molar-refractivity contribution in [3.63, 3.8) is 0 Å². The maximum absolute atomic E-state index is 12.7. The standard InChI is InChI=1S/C27H24N2O5/c1-17-5-4-8-25(22(17)15-30)34-16-18-9-11-19(12-10-18)26(31)29-24(27(32)33)13-20-14-28-23-7-3-2-6-21(20)23/h2-12,14-15,24,28H,13,16H2,1H3,(H,29,31)(H,32,33)/t24-/m0/s1. The SMILES string of the molecule is Cc1cccc(OCc2ccc(C(=O)N[C@@H](Cc3c[nH]c4ccccc34)C(=O)O)cc2)c1C=O. The second-order valence-corrected chi connectivity index (χ2v) is 8.02. The summed E-state index contributed by atoms with van der Waals surface area (Å²) in [6, 6.07) is 18.7. The van der Waals surface area contributed by atoms with Crippen molar-refractivity contribution < 1.29 is 24.2 Å². The molecule has 0 aliphatic rings. The number of nitrogens with one attached hydrogen (secondary N) is 2. The van der Waals surface area contributed by atoms with E-state index in [-0.39, 0.29) is 13.0 Å². The van der Waals surface area contributed by atoms with E-state index in [1.54, 1.807) is 36.5 Å². The molecule has 34 heavy (non-hydrogen) atoms. The van der Waals surface area contributed by atoms with Crippen molar-refractivity contribution in [2.75, 3.05) is 0 Å². The van der Waals surface area contributed by atoms with Crippen LogP contribution in [0, 0.1) is 6.92 Å². The number of ether oxygens (including phenoxy) is 1. The number of aliphatic carboxylic acids is 1. The Balaban J connectivity index is 1.41. The van der Waals surface area contributed by atoms with Crippen molar-refractivity contribution in [1.29, 1.82) is 0 Å². The van der Waals surface area contributed by atoms with E-state index in [1.807, 2.05) is 43.3 Å². The van der Waals surface area contributed by atoms with Crippen LogP contribution >= 0.6 is 0 Å². The van der Waals surface area contributed by atoms with Gasteiger partial charge in [0.1, 0.15) is 18.4 Å². The fourth-order valence-corrected chi connectivity index (χ4v) is 3.81. The fourth-order valence-electron chi connectivity index (χ4n) is 3.81. The molecule has 4 aromatic rings. The van der Waals surface area contributed by atoms with Gasteiger partial charge < -0.3 is 20.1 Å². The number of aldehydes is 1. The van der Waals surface area contributed by atoms with E-state index >= 15 is 0 Å². The summed E-state index contributed by atoms with van der Waals surface area (Å²) in [5.74, 6) is -1.08. The molecule has 3 N–H and O–H groups in total. The van der Waals surface area contributed by atoms with Gasteiger partial charge in [-0.1, -0.05) is 42.5 Å². The van der Waals surface area contributed by atoms with Crippen molar-refractivity contribution in [1.82, 2.24) is 10.3 Å². The Morgan fingerprint density at radius 2 is 1.82 bits per heavy atom. The van der Waals surface area contributed by atoms with E-state index in [0.29, 0.717) is 16.9 Å². The first kappa shape index (κ1) is 22.8. The molecule has 0 bridgehead atoms. The molecule has 1 heterocycles. The number of benzene rings is 3. The van der Waals surface area contributed by atoms with Gasteiger partial charge >= 0.3 is 5.97 Å². The quantitative estimate of drug-likeness (QED) is 0.326. The lowest BCUT2D eigenvalue weighted by Crippen LogP contribution is -2.42. The Bertz CT molecular complexity index is 1340. The number of fused-ring (bicyclic) bond motifs is 1. The number of carbonyl (C=O) groups is 3. The number of carboxylic acid groups (broad SMARTS) is 1. The lowest BCUT2D eigenvalue weighted by atomic mass is 10.0. The van der Waals surface area contributed by atoms with Crippen LogP contribution in [0.1, 0.15) is 37.4 Å². The molecule has 1 atom stereocenters. The number of amides is 1. The van der Waals surface area contributed by atoms with E-state index in [0.717, 1.165) is 33.9 Å². The summed E-state index contributed by atoms with van der Waals surface area (Å²) in [5.41, 5.74) is 4.23. The van der Waals surface area contributed by atoms with E-state index in [4.69, 9.17) is 4.74 Å². The van der Waals surface area contributed by atoms with E-state index in [2.05, 4.69) is 10.3 Å². The molecule has 7 nitrogen and oxygen atoms in total. The zero-order valence-corrected chi connectivity index (χ0v) is 18.6. The predicted octanol–water partition coefficient (Wildman–Crippen LogP) is 4.29. The average molecular weight is 456 g/mol. The van der Waals surface area contributed by atoms with Crippen LogP contribution in [-0.4, -0.2) is 34.3 Å². The van der Waals surface area contributed by atoms with Crippen molar-refractivity contribution >= 4 is 29.1 Å². The molecule has 172 valence electrons. The van der Waals surface area contributed by atoms with Gasteiger partial charge in [-0.15, -0.1) is 0 Å². The molecule has 0 unspecified atom stereocenters. The van der Waals surface area contributed by atoms with Gasteiger partial charge in [0.2, 0.25) is 0 Å². The molecule has 4 rings (SSSR count). The highest BCUT2D eigenvalue weighted by molar-refractivity contribution is 5.97. The van der Waals surface area contributed by atoms with Gasteiger partial charge in [0.05, 0.1) is 5.56 Å². The van der Waals surface area contributed by atoms with E-state index in [9.17, 15) is 19.5 Å². The number of carboxylic acids is 1. The number of aromatic nitrogens is 1. The molecule has 0 radical (unpaired) electrons. The summed E-state index contributed by atoms with van der Waals surface area (Å²) < 4.78 is 5.77. The maximum atomic E-state index is 12.7. The molecule has 0 saturated carbocycles. The van der Waals surface area contributed by atoms with Crippen molar-refractivity contribution in [2.45, 2.75) is 26.0 Å². The zero-order valence-electron chi connectivity index (χ0n) is 18.6. The first-order valence-corrected chi connectivity index (χ1v) is 10.8. The first-order valence-electron chi connectivity index (χ1n) is 10.8. The predicted molar refractivity (Wildman–Crippen MR) is 128 cm³/mol. The van der Waals surface area contributed by atoms with Crippen LogP contribution in [0.15, 0.2) is 72.9 Å². The highest BCUT2D eigenvalue weighted by atomic mass is 16.5. The number of rotatable bonds is 9. The smallest absolute Gasteiger partial charge is 0.326 e. The third-order valence-corrected chi connectivity index (χ3v) is 5.71. The Labute approximate surface area is 196 Å². The van der Waals surface area contributed by atoms with Gasteiger partial charge in [0, 0.05) is 29.1 Å². The minimum Gasteiger partial charge on any atom is -0.488 e. The van der Waals surface area contributed by atoms with Crippen LogP contribution in [0.25, 0.3) is 10.9 Å². The molecule has 0 saturated heterocycles. The van der Waals surface area contributed by atoms with Crippen LogP contribution in [-0.2, 0) is 17.8 Å². The number of carbonyl (C=O) groups excluding carboxylic acids is 2. The van der Waals surface area contributed by atoms with Crippen LogP contribution in [0.4, 0.5) is 0 Å². The number of aryl methyl sites for hydroxylation is 1. The number of hydrogen-bond donors (Lipinski definition) is 3. The molecule has 7 heteroatoms. The van der Waals surface area contributed by atoms with Gasteiger partial charge in [-0.05, 0) is 47.9 Å². The van der Waals surface area contributed by atoms with Crippen molar-refractivity contribution in [3.8, 4) is 5.75 Å². The highest BCUT2D eigenvalue weighted by Gasteiger charge is 2.22. The lowest BCUT2D eigenvalue weighted by Gasteiger charge is -2.15. The second kappa shape index (κ2) is 10.0. The summed E-state index contributed by atoms with van der Waals surface area (Å²) in [6.45, 7) is 2.07. The number of H-pyrrole nitrogens is 1. The minimum absolute atomic E-state index is 0.159. The molecule has 1 aromatic heterocycles. The fraction of sp³-hybridized carbons (Fsp3) is 0.148. The molecular formula is C27H24N2O5. The Morgan fingerprint density at radius 1 is 1.06 bits per heavy atom. The minimum atomic E-state index is -1.10. The summed E-state index contributed by atoms with van der Waals surface area (Å²) in [7, 11) is 0. The Hall–Kier alpha value is -4.39. The molecule has 0 spiro atoms. The Kier molecular flexibility index (Phi) is 6.73. The molecule has 0 fully saturated rings. The number of aromatic amines is 1. The van der Waals surface area contributed by atoms with Gasteiger partial charge in [-0.25, -0.2) is 4.79 Å². The van der Waals surface area contributed by atoms with Gasteiger partial charge in [-0.2, -0.15) is 0 Å². The Morgan fingerprint density at radius 3 is 2.56 bits per heavy atom. The third kappa shape index (κ3) is 4.99. The second-order valence-electron chi connectivity index (χ2n) is 8.02. The van der Waals surface area contributed by atoms with Crippen LogP contribution in [0.5, 0.6) is 5.75 Å². The summed E-state index contributed by atoms with van der Waals surface area (Å²) in [4.78, 5) is 39.0. The maximum Gasteiger partial charge on any atom is 0.326 e. The largest absolute Gasteiger partial charge is 0.488 e. The van der Waals surface area contributed by atoms with Crippen molar-refractivity contribution in [3.05, 3.63) is 101 Å². The first-order chi connectivity index (χ1) is 16.5. The van der Waals surface area contributed by atoms with Gasteiger partial charge in [-0.3, -0.25) is 9.59 Å². The van der Waals surface area contributed by atoms with E-state index < -0.39 is 17.9 Å². The molecule has 0 aliphatic carbocycles. The zero-order chi connectivity index (χ0) is 24.1. The monoisotopic (exact) mass is 456 g/mol. The van der Waals surface area contributed by atoms with Crippen LogP contribution < -0.4 is 10.1 Å². The topological polar surface area (TPSA) is 108 Å². The van der Waals surface area contributed by atoms with Gasteiger partial charge in [0.15, 0.2) is 6.29 Å². The molecule has 3 aromatic carbocycles.